The van der Waals surface area contributed by atoms with Crippen LogP contribution in [0.25, 0.3) is 0 Å². The molecule has 0 heterocycles. The highest BCUT2D eigenvalue weighted by Gasteiger charge is 2.17. The fourth-order valence-corrected chi connectivity index (χ4v) is 2.40. The quantitative estimate of drug-likeness (QED) is 0.926. The predicted octanol–water partition coefficient (Wildman–Crippen LogP) is 2.64. The molecule has 5 nitrogen and oxygen atoms in total. The van der Waals surface area contributed by atoms with Gasteiger partial charge in [-0.3, -0.25) is 0 Å². The van der Waals surface area contributed by atoms with Gasteiger partial charge < -0.3 is 10.1 Å². The Kier molecular flexibility index (Phi) is 5.33. The molecule has 0 unspecified atom stereocenters. The van der Waals surface area contributed by atoms with Crippen molar-refractivity contribution in [3.05, 3.63) is 29.6 Å². The molecule has 1 N–H and O–H groups in total. The van der Waals surface area contributed by atoms with Crippen LogP contribution in [0.3, 0.4) is 0 Å². The number of alkyl carbamates (subject to hydrolysis) is 1. The van der Waals surface area contributed by atoms with Crippen LogP contribution < -0.4 is 5.32 Å². The van der Waals surface area contributed by atoms with Crippen molar-refractivity contribution in [2.24, 2.45) is 0 Å². The first-order chi connectivity index (χ1) is 9.55. The highest BCUT2D eigenvalue weighted by atomic mass is 32.2. The Morgan fingerprint density at radius 3 is 2.43 bits per heavy atom. The van der Waals surface area contributed by atoms with Gasteiger partial charge in [0.15, 0.2) is 9.84 Å². The van der Waals surface area contributed by atoms with Gasteiger partial charge in [-0.2, -0.15) is 0 Å². The van der Waals surface area contributed by atoms with Crippen LogP contribution in [0.2, 0.25) is 0 Å². The molecule has 0 aliphatic heterocycles. The van der Waals surface area contributed by atoms with Gasteiger partial charge in [0.1, 0.15) is 11.4 Å². The summed E-state index contributed by atoms with van der Waals surface area (Å²) in [7, 11) is -3.44. The minimum Gasteiger partial charge on any atom is -0.444 e. The van der Waals surface area contributed by atoms with Gasteiger partial charge >= 0.3 is 6.09 Å². The summed E-state index contributed by atoms with van der Waals surface area (Å²) in [6, 6.07) is 3.63. The molecule has 0 bridgehead atoms. The third kappa shape index (κ3) is 5.34. The molecule has 21 heavy (non-hydrogen) atoms. The molecule has 118 valence electrons. The molecule has 0 fully saturated rings. The fourth-order valence-electron chi connectivity index (χ4n) is 1.51. The highest BCUT2D eigenvalue weighted by molar-refractivity contribution is 7.91. The fraction of sp³-hybridized carbons (Fsp3) is 0.500. The van der Waals surface area contributed by atoms with E-state index in [4.69, 9.17) is 4.74 Å². The number of sulfone groups is 1. The van der Waals surface area contributed by atoms with E-state index in [1.165, 1.54) is 19.1 Å². The van der Waals surface area contributed by atoms with E-state index in [0.29, 0.717) is 0 Å². The maximum atomic E-state index is 13.8. The third-order valence-corrected chi connectivity index (χ3v) is 4.32. The van der Waals surface area contributed by atoms with E-state index in [1.807, 2.05) is 0 Å². The Balaban J connectivity index is 2.77. The lowest BCUT2D eigenvalue weighted by Gasteiger charge is -2.19. The van der Waals surface area contributed by atoms with Crippen molar-refractivity contribution in [2.45, 2.75) is 44.7 Å². The smallest absolute Gasteiger partial charge is 0.407 e. The van der Waals surface area contributed by atoms with Crippen LogP contribution in [0.1, 0.15) is 33.3 Å². The lowest BCUT2D eigenvalue weighted by Crippen LogP contribution is -2.32. The molecule has 1 amide bonds. The van der Waals surface area contributed by atoms with Gasteiger partial charge in [0.25, 0.3) is 0 Å². The summed E-state index contributed by atoms with van der Waals surface area (Å²) in [4.78, 5) is 11.4. The first kappa shape index (κ1) is 17.4. The number of hydrogen-bond donors (Lipinski definition) is 1. The van der Waals surface area contributed by atoms with Crippen molar-refractivity contribution in [1.82, 2.24) is 5.32 Å². The van der Waals surface area contributed by atoms with Crippen LogP contribution in [0, 0.1) is 5.82 Å². The van der Waals surface area contributed by atoms with Gasteiger partial charge in [0.2, 0.25) is 0 Å². The number of carbonyl (C=O) groups excluding carboxylic acids is 1. The van der Waals surface area contributed by atoms with Gasteiger partial charge in [0.05, 0.1) is 10.6 Å². The van der Waals surface area contributed by atoms with E-state index in [2.05, 4.69) is 5.32 Å². The Labute approximate surface area is 124 Å². The van der Waals surface area contributed by atoms with Crippen molar-refractivity contribution < 1.29 is 22.3 Å². The molecule has 0 spiro atoms. The molecule has 0 aliphatic rings. The number of halogens is 1. The predicted molar refractivity (Wildman–Crippen MR) is 77.2 cm³/mol. The van der Waals surface area contributed by atoms with Crippen LogP contribution >= 0.6 is 0 Å². The number of ether oxygens (including phenoxy) is 1. The summed E-state index contributed by atoms with van der Waals surface area (Å²) in [6.07, 6.45) is -0.660. The zero-order chi connectivity index (χ0) is 16.3. The standard InChI is InChI=1S/C14H20FNO4S/c1-5-21(18,19)11-7-6-10(12(15)8-11)9-16-13(17)20-14(2,3)4/h6-8H,5,9H2,1-4H3,(H,16,17). The summed E-state index contributed by atoms with van der Waals surface area (Å²) in [5.41, 5.74) is -0.447. The first-order valence-electron chi connectivity index (χ1n) is 6.53. The summed E-state index contributed by atoms with van der Waals surface area (Å²) >= 11 is 0. The van der Waals surface area contributed by atoms with Gasteiger partial charge in [-0.1, -0.05) is 13.0 Å². The second-order valence-corrected chi connectivity index (χ2v) is 7.79. The van der Waals surface area contributed by atoms with Gasteiger partial charge in [-0.25, -0.2) is 17.6 Å². The maximum absolute atomic E-state index is 13.8. The summed E-state index contributed by atoms with van der Waals surface area (Å²) in [5, 5.41) is 2.42. The number of rotatable bonds is 4. The van der Waals surface area contributed by atoms with Crippen molar-refractivity contribution in [1.29, 1.82) is 0 Å². The second-order valence-electron chi connectivity index (χ2n) is 5.51. The van der Waals surface area contributed by atoms with Crippen molar-refractivity contribution in [3.63, 3.8) is 0 Å². The molecule has 1 aromatic rings. The largest absolute Gasteiger partial charge is 0.444 e. The Morgan fingerprint density at radius 2 is 1.95 bits per heavy atom. The van der Waals surface area contributed by atoms with Crippen LogP contribution in [0.4, 0.5) is 9.18 Å². The molecule has 1 aromatic carbocycles. The normalized spacial score (nSPS) is 12.0. The number of nitrogens with one attached hydrogen (secondary N) is 1. The second kappa shape index (κ2) is 6.43. The highest BCUT2D eigenvalue weighted by Crippen LogP contribution is 2.16. The SMILES string of the molecule is CCS(=O)(=O)c1ccc(CNC(=O)OC(C)(C)C)c(F)c1. The Bertz CT molecular complexity index is 620. The van der Waals surface area contributed by atoms with Crippen LogP contribution in [0.5, 0.6) is 0 Å². The number of amides is 1. The molecule has 0 saturated heterocycles. The molecule has 1 rings (SSSR count). The van der Waals surface area contributed by atoms with E-state index in [0.717, 1.165) is 6.07 Å². The number of carbonyl (C=O) groups is 1. The van der Waals surface area contributed by atoms with Gasteiger partial charge in [-0.05, 0) is 32.9 Å². The Morgan fingerprint density at radius 1 is 1.33 bits per heavy atom. The van der Waals surface area contributed by atoms with Crippen LogP contribution in [-0.4, -0.2) is 25.9 Å². The zero-order valence-electron chi connectivity index (χ0n) is 12.6. The summed E-state index contributed by atoms with van der Waals surface area (Å²) in [6.45, 7) is 6.57. The van der Waals surface area contributed by atoms with E-state index < -0.39 is 27.3 Å². The molecular weight excluding hydrogens is 297 g/mol. The molecule has 0 aliphatic carbocycles. The van der Waals surface area contributed by atoms with Gasteiger partial charge in [-0.15, -0.1) is 0 Å². The maximum Gasteiger partial charge on any atom is 0.407 e. The van der Waals surface area contributed by atoms with Crippen molar-refractivity contribution in [2.75, 3.05) is 5.75 Å². The monoisotopic (exact) mass is 317 g/mol. The van der Waals surface area contributed by atoms with Crippen LogP contribution in [-0.2, 0) is 21.1 Å². The lowest BCUT2D eigenvalue weighted by atomic mass is 10.2. The molecule has 0 aromatic heterocycles. The number of benzene rings is 1. The number of hydrogen-bond acceptors (Lipinski definition) is 4. The zero-order valence-corrected chi connectivity index (χ0v) is 13.4. The minimum absolute atomic E-state index is 0.0662. The van der Waals surface area contributed by atoms with E-state index in [1.54, 1.807) is 20.8 Å². The molecule has 0 radical (unpaired) electrons. The van der Waals surface area contributed by atoms with Gasteiger partial charge in [0, 0.05) is 12.1 Å². The van der Waals surface area contributed by atoms with E-state index in [9.17, 15) is 17.6 Å². The van der Waals surface area contributed by atoms with E-state index in [-0.39, 0.29) is 22.8 Å². The van der Waals surface area contributed by atoms with Crippen molar-refractivity contribution in [3.8, 4) is 0 Å². The summed E-state index contributed by atoms with van der Waals surface area (Å²) in [5.74, 6) is -0.775. The average Bonchev–Trinajstić information content (AvgIpc) is 2.35. The summed E-state index contributed by atoms with van der Waals surface area (Å²) < 4.78 is 42.1. The first-order valence-corrected chi connectivity index (χ1v) is 8.18. The van der Waals surface area contributed by atoms with E-state index >= 15 is 0 Å². The molecule has 0 atom stereocenters. The average molecular weight is 317 g/mol. The molecule has 7 heteroatoms. The minimum atomic E-state index is -3.44. The topological polar surface area (TPSA) is 72.5 Å². The van der Waals surface area contributed by atoms with Crippen LogP contribution in [0.15, 0.2) is 23.1 Å². The lowest BCUT2D eigenvalue weighted by molar-refractivity contribution is 0.0523. The Hall–Kier alpha value is -1.63. The van der Waals surface area contributed by atoms with Crippen molar-refractivity contribution >= 4 is 15.9 Å². The molecular formula is C14H20FNO4S. The molecule has 0 saturated carbocycles. The third-order valence-electron chi connectivity index (χ3n) is 2.59.